The molecule has 0 bridgehead atoms. The van der Waals surface area contributed by atoms with Gasteiger partial charge < -0.3 is 5.32 Å². The van der Waals surface area contributed by atoms with Gasteiger partial charge in [-0.15, -0.1) is 0 Å². The average molecular weight is 300 g/mol. The van der Waals surface area contributed by atoms with E-state index < -0.39 is 0 Å². The number of hydrogen-bond donors (Lipinski definition) is 1. The lowest BCUT2D eigenvalue weighted by Gasteiger charge is -2.12. The molecule has 108 valence electrons. The van der Waals surface area contributed by atoms with Crippen LogP contribution in [0.3, 0.4) is 0 Å². The average Bonchev–Trinajstić information content (AvgIpc) is 2.76. The SMILES string of the molecule is Cc1ccc2nc(-c3cccc(Cl)c3)c(NC(C)C)n2c1. The molecule has 0 unspecified atom stereocenters. The highest BCUT2D eigenvalue weighted by molar-refractivity contribution is 6.30. The second kappa shape index (κ2) is 5.41. The minimum Gasteiger partial charge on any atom is -0.367 e. The van der Waals surface area contributed by atoms with Crippen LogP contribution in [-0.4, -0.2) is 15.4 Å². The highest BCUT2D eigenvalue weighted by atomic mass is 35.5. The molecule has 1 aromatic carbocycles. The van der Waals surface area contributed by atoms with Gasteiger partial charge in [0.2, 0.25) is 0 Å². The first-order chi connectivity index (χ1) is 10.0. The van der Waals surface area contributed by atoms with E-state index in [4.69, 9.17) is 16.6 Å². The van der Waals surface area contributed by atoms with Crippen LogP contribution < -0.4 is 5.32 Å². The Morgan fingerprint density at radius 2 is 2.00 bits per heavy atom. The van der Waals surface area contributed by atoms with Gasteiger partial charge in [-0.1, -0.05) is 29.8 Å². The number of anilines is 1. The molecule has 0 aliphatic heterocycles. The quantitative estimate of drug-likeness (QED) is 0.754. The Kier molecular flexibility index (Phi) is 3.60. The fourth-order valence-corrected chi connectivity index (χ4v) is 2.59. The van der Waals surface area contributed by atoms with Gasteiger partial charge in [0.05, 0.1) is 0 Å². The Bertz CT molecular complexity index is 790. The summed E-state index contributed by atoms with van der Waals surface area (Å²) in [6.45, 7) is 6.32. The van der Waals surface area contributed by atoms with Gasteiger partial charge in [-0.3, -0.25) is 4.40 Å². The largest absolute Gasteiger partial charge is 0.367 e. The molecule has 2 aromatic heterocycles. The third-order valence-corrected chi connectivity index (χ3v) is 3.52. The Morgan fingerprint density at radius 1 is 1.19 bits per heavy atom. The van der Waals surface area contributed by atoms with Crippen molar-refractivity contribution in [2.75, 3.05) is 5.32 Å². The zero-order chi connectivity index (χ0) is 15.0. The van der Waals surface area contributed by atoms with Crippen LogP contribution in [-0.2, 0) is 0 Å². The van der Waals surface area contributed by atoms with Gasteiger partial charge in [0.25, 0.3) is 0 Å². The van der Waals surface area contributed by atoms with Crippen LogP contribution in [0.1, 0.15) is 19.4 Å². The van der Waals surface area contributed by atoms with Crippen LogP contribution in [0.5, 0.6) is 0 Å². The normalized spacial score (nSPS) is 11.3. The number of rotatable bonds is 3. The Morgan fingerprint density at radius 3 is 2.71 bits per heavy atom. The number of benzene rings is 1. The van der Waals surface area contributed by atoms with Crippen molar-refractivity contribution in [1.82, 2.24) is 9.38 Å². The summed E-state index contributed by atoms with van der Waals surface area (Å²) < 4.78 is 2.10. The lowest BCUT2D eigenvalue weighted by Crippen LogP contribution is -2.12. The molecule has 0 atom stereocenters. The van der Waals surface area contributed by atoms with Gasteiger partial charge >= 0.3 is 0 Å². The monoisotopic (exact) mass is 299 g/mol. The number of nitrogens with one attached hydrogen (secondary N) is 1. The molecule has 21 heavy (non-hydrogen) atoms. The second-order valence-corrected chi connectivity index (χ2v) is 5.99. The lowest BCUT2D eigenvalue weighted by atomic mass is 10.1. The molecule has 0 saturated carbocycles. The maximum absolute atomic E-state index is 6.12. The number of nitrogens with zero attached hydrogens (tertiary/aromatic N) is 2. The first-order valence-electron chi connectivity index (χ1n) is 7.06. The number of halogens is 1. The smallest absolute Gasteiger partial charge is 0.139 e. The number of fused-ring (bicyclic) bond motifs is 1. The maximum Gasteiger partial charge on any atom is 0.139 e. The molecule has 0 radical (unpaired) electrons. The molecule has 1 N–H and O–H groups in total. The predicted molar refractivity (Wildman–Crippen MR) is 89.1 cm³/mol. The van der Waals surface area contributed by atoms with Gasteiger partial charge in [-0.2, -0.15) is 0 Å². The molecule has 3 rings (SSSR count). The Hall–Kier alpha value is -2.00. The Labute approximate surface area is 129 Å². The fraction of sp³-hybridized carbons (Fsp3) is 0.235. The van der Waals surface area contributed by atoms with E-state index in [0.717, 1.165) is 27.7 Å². The molecule has 0 aliphatic rings. The summed E-state index contributed by atoms with van der Waals surface area (Å²) in [5, 5.41) is 4.22. The van der Waals surface area contributed by atoms with Gasteiger partial charge in [0, 0.05) is 22.8 Å². The molecule has 0 spiro atoms. The fourth-order valence-electron chi connectivity index (χ4n) is 2.40. The summed E-state index contributed by atoms with van der Waals surface area (Å²) in [6.07, 6.45) is 2.10. The standard InChI is InChI=1S/C17H18ClN3/c1-11(2)19-17-16(13-5-4-6-14(18)9-13)20-15-8-7-12(3)10-21(15)17/h4-11,19H,1-3H3. The third kappa shape index (κ3) is 2.74. The van der Waals surface area contributed by atoms with Crippen molar-refractivity contribution in [1.29, 1.82) is 0 Å². The van der Waals surface area contributed by atoms with Crippen LogP contribution in [0.2, 0.25) is 5.02 Å². The number of aryl methyl sites for hydroxylation is 1. The van der Waals surface area contributed by atoms with Gasteiger partial charge in [-0.25, -0.2) is 4.98 Å². The first-order valence-corrected chi connectivity index (χ1v) is 7.43. The van der Waals surface area contributed by atoms with Crippen LogP contribution >= 0.6 is 11.6 Å². The van der Waals surface area contributed by atoms with Crippen LogP contribution in [0.4, 0.5) is 5.82 Å². The van der Waals surface area contributed by atoms with Crippen molar-refractivity contribution in [2.24, 2.45) is 0 Å². The summed E-state index contributed by atoms with van der Waals surface area (Å²) >= 11 is 6.12. The van der Waals surface area contributed by atoms with Crippen LogP contribution in [0, 0.1) is 6.92 Å². The molecule has 0 fully saturated rings. The Balaban J connectivity index is 2.25. The van der Waals surface area contributed by atoms with E-state index >= 15 is 0 Å². The topological polar surface area (TPSA) is 29.3 Å². The summed E-state index contributed by atoms with van der Waals surface area (Å²) in [4.78, 5) is 4.76. The van der Waals surface area contributed by atoms with Crippen LogP contribution in [0.15, 0.2) is 42.6 Å². The number of hydrogen-bond acceptors (Lipinski definition) is 2. The van der Waals surface area contributed by atoms with Gasteiger partial charge in [0.1, 0.15) is 17.2 Å². The van der Waals surface area contributed by atoms with Crippen molar-refractivity contribution in [3.05, 3.63) is 53.2 Å². The second-order valence-electron chi connectivity index (χ2n) is 5.55. The predicted octanol–water partition coefficient (Wildman–Crippen LogP) is 4.78. The first kappa shape index (κ1) is 14.0. The molecule has 3 aromatic rings. The van der Waals surface area contributed by atoms with E-state index in [-0.39, 0.29) is 0 Å². The van der Waals surface area contributed by atoms with E-state index in [2.05, 4.69) is 42.8 Å². The maximum atomic E-state index is 6.12. The van der Waals surface area contributed by atoms with E-state index in [1.54, 1.807) is 0 Å². The molecule has 0 aliphatic carbocycles. The summed E-state index contributed by atoms with van der Waals surface area (Å²) in [5.41, 5.74) is 4.08. The molecular formula is C17H18ClN3. The van der Waals surface area contributed by atoms with E-state index in [0.29, 0.717) is 6.04 Å². The lowest BCUT2D eigenvalue weighted by molar-refractivity contribution is 0.885. The van der Waals surface area contributed by atoms with Crippen molar-refractivity contribution in [2.45, 2.75) is 26.8 Å². The van der Waals surface area contributed by atoms with Gasteiger partial charge in [-0.05, 0) is 44.5 Å². The minimum absolute atomic E-state index is 0.323. The molecule has 3 nitrogen and oxygen atoms in total. The van der Waals surface area contributed by atoms with Crippen LogP contribution in [0.25, 0.3) is 16.9 Å². The highest BCUT2D eigenvalue weighted by Gasteiger charge is 2.15. The number of aromatic nitrogens is 2. The molecular weight excluding hydrogens is 282 g/mol. The molecule has 4 heteroatoms. The molecule has 0 saturated heterocycles. The molecule has 0 amide bonds. The van der Waals surface area contributed by atoms with Crippen molar-refractivity contribution < 1.29 is 0 Å². The van der Waals surface area contributed by atoms with E-state index in [1.807, 2.05) is 30.3 Å². The zero-order valence-corrected chi connectivity index (χ0v) is 13.1. The van der Waals surface area contributed by atoms with Crippen molar-refractivity contribution in [3.63, 3.8) is 0 Å². The van der Waals surface area contributed by atoms with E-state index in [1.165, 1.54) is 5.56 Å². The van der Waals surface area contributed by atoms with Gasteiger partial charge in [0.15, 0.2) is 0 Å². The summed E-state index contributed by atoms with van der Waals surface area (Å²) in [5.74, 6) is 1.01. The van der Waals surface area contributed by atoms with Crippen molar-refractivity contribution in [3.8, 4) is 11.3 Å². The molecule has 2 heterocycles. The van der Waals surface area contributed by atoms with Crippen molar-refractivity contribution >= 4 is 23.1 Å². The minimum atomic E-state index is 0.323. The highest BCUT2D eigenvalue weighted by Crippen LogP contribution is 2.31. The third-order valence-electron chi connectivity index (χ3n) is 3.29. The van der Waals surface area contributed by atoms with E-state index in [9.17, 15) is 0 Å². The number of pyridine rings is 1. The zero-order valence-electron chi connectivity index (χ0n) is 12.4. The number of imidazole rings is 1. The summed E-state index contributed by atoms with van der Waals surface area (Å²) in [7, 11) is 0. The summed E-state index contributed by atoms with van der Waals surface area (Å²) in [6, 6.07) is 12.2.